The second kappa shape index (κ2) is 18.8. The zero-order valence-corrected chi connectivity index (χ0v) is 45.9. The third kappa shape index (κ3) is 8.93. The van der Waals surface area contributed by atoms with Crippen molar-refractivity contribution >= 4 is 97.0 Å². The topological polar surface area (TPSA) is 0 Å². The van der Waals surface area contributed by atoms with Gasteiger partial charge in [-0.2, -0.15) is 0 Å². The SMILES string of the molecule is CC(C)(CCCCCCCC(C)(C)c1cc2ccc3cc(C(C)(C)CCCCCCCC(C)(C)c4cc5ccc6cccc7ccc(c4)c5c67)cc4ccc(c1)c2c34)c1cc2ccc3cccc4ccc(c1)c2c34. The lowest BCUT2D eigenvalue weighted by Crippen LogP contribution is -2.18. The van der Waals surface area contributed by atoms with Crippen LogP contribution in [-0.2, 0) is 21.7 Å². The minimum atomic E-state index is 0.129. The van der Waals surface area contributed by atoms with E-state index in [4.69, 9.17) is 0 Å². The lowest BCUT2D eigenvalue weighted by molar-refractivity contribution is 0.423. The molecule has 0 spiro atoms. The molecule has 0 amide bonds. The predicted molar refractivity (Wildman–Crippen MR) is 327 cm³/mol. The van der Waals surface area contributed by atoms with Crippen molar-refractivity contribution in [1.29, 1.82) is 0 Å². The van der Waals surface area contributed by atoms with Crippen molar-refractivity contribution in [3.05, 3.63) is 180 Å². The summed E-state index contributed by atoms with van der Waals surface area (Å²) in [6.07, 6.45) is 17.9. The lowest BCUT2D eigenvalue weighted by atomic mass is 9.76. The first-order valence-corrected chi connectivity index (χ1v) is 28.7. The van der Waals surface area contributed by atoms with Crippen LogP contribution >= 0.6 is 0 Å². The van der Waals surface area contributed by atoms with Crippen molar-refractivity contribution < 1.29 is 0 Å². The molecule has 0 aromatic heterocycles. The first kappa shape index (κ1) is 48.7. The molecular formula is C74H78. The molecule has 74 heavy (non-hydrogen) atoms. The highest BCUT2D eigenvalue weighted by Gasteiger charge is 2.27. The molecule has 0 bridgehead atoms. The van der Waals surface area contributed by atoms with E-state index in [0.29, 0.717) is 0 Å². The molecule has 0 aliphatic rings. The van der Waals surface area contributed by atoms with Crippen molar-refractivity contribution in [3.63, 3.8) is 0 Å². The Morgan fingerprint density at radius 1 is 0.203 bits per heavy atom. The predicted octanol–water partition coefficient (Wildman–Crippen LogP) is 22.4. The third-order valence-electron chi connectivity index (χ3n) is 18.8. The molecule has 0 saturated heterocycles. The maximum Gasteiger partial charge on any atom is -0.00266 e. The van der Waals surface area contributed by atoms with Crippen LogP contribution in [0.25, 0.3) is 97.0 Å². The molecule has 0 unspecified atom stereocenters. The van der Waals surface area contributed by atoms with E-state index in [1.807, 2.05) is 0 Å². The van der Waals surface area contributed by atoms with E-state index in [9.17, 15) is 0 Å². The van der Waals surface area contributed by atoms with Gasteiger partial charge in [0.25, 0.3) is 0 Å². The summed E-state index contributed by atoms with van der Waals surface area (Å²) in [4.78, 5) is 0. The lowest BCUT2D eigenvalue weighted by Gasteiger charge is -2.28. The summed E-state index contributed by atoms with van der Waals surface area (Å²) in [7, 11) is 0. The Labute approximate surface area is 441 Å². The molecular weight excluding hydrogens is 889 g/mol. The molecule has 0 radical (unpaired) electrons. The second-order valence-electron chi connectivity index (χ2n) is 25.8. The Morgan fingerprint density at radius 2 is 0.365 bits per heavy atom. The van der Waals surface area contributed by atoms with E-state index < -0.39 is 0 Å². The fourth-order valence-corrected chi connectivity index (χ4v) is 13.8. The van der Waals surface area contributed by atoms with Gasteiger partial charge in [0, 0.05) is 0 Å². The summed E-state index contributed by atoms with van der Waals surface area (Å²) in [5.41, 5.74) is 6.47. The van der Waals surface area contributed by atoms with Crippen LogP contribution in [0.2, 0.25) is 0 Å². The standard InChI is InChI=1S/C74H78/c1-71(2,61-41-53-29-25-49-21-19-22-50-26-30-54(42-61)67(53)65(49)50)37-15-11-9-13-17-39-73(5,6)63-45-57-33-35-59-47-64(48-60-36-34-58(46-63)69(57)70(59)60)74(7,8)40-18-14-10-12-16-38-72(3,4)62-43-55-31-27-51-23-20-24-52-28-32-56(44-62)68(55)66(51)52/h19-36,41-48H,9-18,37-40H2,1-8H3. The molecule has 0 fully saturated rings. The average Bonchev–Trinajstić information content (AvgIpc) is 3.41. The van der Waals surface area contributed by atoms with Crippen LogP contribution in [0, 0.1) is 0 Å². The molecule has 12 aromatic carbocycles. The van der Waals surface area contributed by atoms with Crippen LogP contribution in [-0.4, -0.2) is 0 Å². The molecule has 12 aromatic rings. The van der Waals surface area contributed by atoms with Crippen molar-refractivity contribution in [3.8, 4) is 0 Å². The Balaban J connectivity index is 0.620. The average molecular weight is 967 g/mol. The van der Waals surface area contributed by atoms with Gasteiger partial charge < -0.3 is 0 Å². The monoisotopic (exact) mass is 967 g/mol. The number of benzene rings is 12. The van der Waals surface area contributed by atoms with E-state index >= 15 is 0 Å². The molecule has 0 nitrogen and oxygen atoms in total. The molecule has 0 atom stereocenters. The largest absolute Gasteiger partial charge is 0.0610 e. The molecule has 374 valence electrons. The van der Waals surface area contributed by atoms with E-state index in [1.165, 1.54) is 209 Å². The highest BCUT2D eigenvalue weighted by atomic mass is 14.3. The summed E-state index contributed by atoms with van der Waals surface area (Å²) >= 11 is 0. The van der Waals surface area contributed by atoms with Gasteiger partial charge in [-0.25, -0.2) is 0 Å². The fourth-order valence-electron chi connectivity index (χ4n) is 13.8. The zero-order valence-electron chi connectivity index (χ0n) is 45.9. The minimum Gasteiger partial charge on any atom is -0.0610 e. The first-order chi connectivity index (χ1) is 35.6. The maximum atomic E-state index is 2.52. The van der Waals surface area contributed by atoms with Crippen LogP contribution in [0.4, 0.5) is 0 Å². The summed E-state index contributed by atoms with van der Waals surface area (Å²) in [5, 5.41) is 25.0. The van der Waals surface area contributed by atoms with Gasteiger partial charge in [0.05, 0.1) is 0 Å². The Morgan fingerprint density at radius 3 is 0.568 bits per heavy atom. The first-order valence-electron chi connectivity index (χ1n) is 28.7. The second-order valence-corrected chi connectivity index (χ2v) is 25.8. The third-order valence-corrected chi connectivity index (χ3v) is 18.8. The van der Waals surface area contributed by atoms with Crippen LogP contribution in [0.5, 0.6) is 0 Å². The van der Waals surface area contributed by atoms with E-state index in [-0.39, 0.29) is 21.7 Å². The van der Waals surface area contributed by atoms with Crippen molar-refractivity contribution in [1.82, 2.24) is 0 Å². The van der Waals surface area contributed by atoms with Crippen LogP contribution < -0.4 is 0 Å². The van der Waals surface area contributed by atoms with Crippen molar-refractivity contribution in [2.24, 2.45) is 0 Å². The Bertz CT molecular complexity index is 3510. The molecule has 12 rings (SSSR count). The van der Waals surface area contributed by atoms with Gasteiger partial charge in [-0.3, -0.25) is 0 Å². The van der Waals surface area contributed by atoms with Crippen LogP contribution in [0.15, 0.2) is 158 Å². The number of rotatable bonds is 20. The molecule has 0 saturated carbocycles. The van der Waals surface area contributed by atoms with Gasteiger partial charge in [0.15, 0.2) is 0 Å². The van der Waals surface area contributed by atoms with Crippen LogP contribution in [0.3, 0.4) is 0 Å². The summed E-state index contributed by atoms with van der Waals surface area (Å²) in [6, 6.07) is 61.6. The summed E-state index contributed by atoms with van der Waals surface area (Å²) in [5.74, 6) is 0. The van der Waals surface area contributed by atoms with Gasteiger partial charge >= 0.3 is 0 Å². The molecule has 0 heteroatoms. The molecule has 0 aliphatic heterocycles. The zero-order chi connectivity index (χ0) is 51.0. The number of hydrogen-bond acceptors (Lipinski definition) is 0. The quantitative estimate of drug-likeness (QED) is 0.0527. The Kier molecular flexibility index (Phi) is 12.4. The van der Waals surface area contributed by atoms with Gasteiger partial charge in [0.1, 0.15) is 0 Å². The number of hydrogen-bond donors (Lipinski definition) is 0. The van der Waals surface area contributed by atoms with E-state index in [1.54, 1.807) is 0 Å². The minimum absolute atomic E-state index is 0.129. The highest BCUT2D eigenvalue weighted by molar-refractivity contribution is 6.25. The van der Waals surface area contributed by atoms with Gasteiger partial charge in [-0.1, -0.05) is 277 Å². The number of unbranched alkanes of at least 4 members (excludes halogenated alkanes) is 8. The van der Waals surface area contributed by atoms with E-state index in [2.05, 4.69) is 213 Å². The molecule has 0 aliphatic carbocycles. The van der Waals surface area contributed by atoms with Gasteiger partial charge in [0.2, 0.25) is 0 Å². The normalized spacial score (nSPS) is 13.4. The smallest absolute Gasteiger partial charge is 0.00266 e. The maximum absolute atomic E-state index is 2.52. The van der Waals surface area contributed by atoms with Crippen molar-refractivity contribution in [2.75, 3.05) is 0 Å². The summed E-state index contributed by atoms with van der Waals surface area (Å²) < 4.78 is 0. The Hall–Kier alpha value is -6.24. The highest BCUT2D eigenvalue weighted by Crippen LogP contribution is 2.44. The molecule has 0 N–H and O–H groups in total. The van der Waals surface area contributed by atoms with E-state index in [0.717, 1.165) is 0 Å². The molecule has 0 heterocycles. The fraction of sp³-hybridized carbons (Fsp3) is 0.351. The van der Waals surface area contributed by atoms with Crippen molar-refractivity contribution in [2.45, 2.75) is 167 Å². The van der Waals surface area contributed by atoms with Gasteiger partial charge in [-0.05, 0) is 167 Å². The summed E-state index contributed by atoms with van der Waals surface area (Å²) in [6.45, 7) is 19.7. The van der Waals surface area contributed by atoms with Crippen LogP contribution in [0.1, 0.15) is 168 Å². The van der Waals surface area contributed by atoms with Gasteiger partial charge in [-0.15, -0.1) is 0 Å².